The van der Waals surface area contributed by atoms with E-state index in [4.69, 9.17) is 4.74 Å². The van der Waals surface area contributed by atoms with Gasteiger partial charge in [-0.15, -0.1) is 0 Å². The zero-order valence-electron chi connectivity index (χ0n) is 13.3. The topological polar surface area (TPSA) is 84.9 Å². The molecule has 7 heteroatoms. The van der Waals surface area contributed by atoms with Crippen molar-refractivity contribution in [2.24, 2.45) is 0 Å². The van der Waals surface area contributed by atoms with Crippen molar-refractivity contribution in [1.29, 1.82) is 0 Å². The fourth-order valence-corrected chi connectivity index (χ4v) is 2.12. The SMILES string of the molecule is COC(=O)[C@H](C)NC(=O)C1CCCN1C(=O)OC(C)(C)C. The summed E-state index contributed by atoms with van der Waals surface area (Å²) in [5, 5.41) is 2.56. The van der Waals surface area contributed by atoms with Gasteiger partial charge >= 0.3 is 12.1 Å². The molecule has 0 aliphatic carbocycles. The molecule has 0 saturated carbocycles. The van der Waals surface area contributed by atoms with Crippen LogP contribution in [0, 0.1) is 0 Å². The predicted molar refractivity (Wildman–Crippen MR) is 75.6 cm³/mol. The van der Waals surface area contributed by atoms with Gasteiger partial charge in [-0.2, -0.15) is 0 Å². The molecule has 120 valence electrons. The van der Waals surface area contributed by atoms with Crippen LogP contribution in [-0.2, 0) is 19.1 Å². The van der Waals surface area contributed by atoms with Crippen molar-refractivity contribution in [1.82, 2.24) is 10.2 Å². The summed E-state index contributed by atoms with van der Waals surface area (Å²) in [6.07, 6.45) is 0.772. The molecular formula is C14H24N2O5. The molecule has 0 aromatic heterocycles. The number of carbonyl (C=O) groups is 3. The van der Waals surface area contributed by atoms with Crippen LogP contribution in [0.2, 0.25) is 0 Å². The lowest BCUT2D eigenvalue weighted by atomic mass is 10.2. The maximum absolute atomic E-state index is 12.2. The second kappa shape index (κ2) is 6.78. The van der Waals surface area contributed by atoms with Crippen molar-refractivity contribution >= 4 is 18.0 Å². The zero-order valence-corrected chi connectivity index (χ0v) is 13.3. The van der Waals surface area contributed by atoms with Crippen LogP contribution in [0.4, 0.5) is 4.79 Å². The summed E-state index contributed by atoms with van der Waals surface area (Å²) in [4.78, 5) is 37.0. The van der Waals surface area contributed by atoms with Crippen LogP contribution in [0.15, 0.2) is 0 Å². The molecule has 1 unspecified atom stereocenters. The van der Waals surface area contributed by atoms with Crippen LogP contribution in [-0.4, -0.2) is 54.2 Å². The highest BCUT2D eigenvalue weighted by Gasteiger charge is 2.37. The molecule has 1 heterocycles. The van der Waals surface area contributed by atoms with E-state index in [-0.39, 0.29) is 5.91 Å². The lowest BCUT2D eigenvalue weighted by molar-refractivity contribution is -0.145. The maximum atomic E-state index is 12.2. The molecule has 0 spiro atoms. The number of carbonyl (C=O) groups excluding carboxylic acids is 3. The second-order valence-electron chi connectivity index (χ2n) is 6.09. The van der Waals surface area contributed by atoms with Crippen molar-refractivity contribution in [3.8, 4) is 0 Å². The average molecular weight is 300 g/mol. The molecule has 0 radical (unpaired) electrons. The molecule has 7 nitrogen and oxygen atoms in total. The number of amides is 2. The van der Waals surface area contributed by atoms with Crippen molar-refractivity contribution in [3.63, 3.8) is 0 Å². The Morgan fingerprint density at radius 1 is 1.29 bits per heavy atom. The van der Waals surface area contributed by atoms with Crippen molar-refractivity contribution < 1.29 is 23.9 Å². The van der Waals surface area contributed by atoms with E-state index in [1.807, 2.05) is 0 Å². The molecule has 0 bridgehead atoms. The number of rotatable bonds is 3. The van der Waals surface area contributed by atoms with Gasteiger partial charge in [0.25, 0.3) is 0 Å². The number of ether oxygens (including phenoxy) is 2. The number of esters is 1. The first-order valence-corrected chi connectivity index (χ1v) is 7.03. The summed E-state index contributed by atoms with van der Waals surface area (Å²) < 4.78 is 9.85. The Bertz CT molecular complexity index is 416. The Hall–Kier alpha value is -1.79. The van der Waals surface area contributed by atoms with Crippen molar-refractivity contribution in [3.05, 3.63) is 0 Å². The number of nitrogens with one attached hydrogen (secondary N) is 1. The number of methoxy groups -OCH3 is 1. The lowest BCUT2D eigenvalue weighted by Gasteiger charge is -2.28. The minimum Gasteiger partial charge on any atom is -0.467 e. The Labute approximate surface area is 124 Å². The van der Waals surface area contributed by atoms with Crippen LogP contribution >= 0.6 is 0 Å². The molecule has 2 amide bonds. The molecule has 0 aromatic rings. The van der Waals surface area contributed by atoms with Crippen LogP contribution in [0.3, 0.4) is 0 Å². The summed E-state index contributed by atoms with van der Waals surface area (Å²) in [6.45, 7) is 7.33. The minimum absolute atomic E-state index is 0.365. The first-order valence-electron chi connectivity index (χ1n) is 7.03. The number of nitrogens with zero attached hydrogens (tertiary/aromatic N) is 1. The monoisotopic (exact) mass is 300 g/mol. The third kappa shape index (κ3) is 4.91. The van der Waals surface area contributed by atoms with Gasteiger partial charge in [-0.3, -0.25) is 9.69 Å². The normalized spacial score (nSPS) is 19.9. The molecule has 1 aliphatic rings. The number of hydrogen-bond acceptors (Lipinski definition) is 5. The van der Waals surface area contributed by atoms with E-state index in [1.54, 1.807) is 20.8 Å². The maximum Gasteiger partial charge on any atom is 0.410 e. The number of likely N-dealkylation sites (tertiary alicyclic amines) is 1. The first-order chi connectivity index (χ1) is 9.65. The lowest BCUT2D eigenvalue weighted by Crippen LogP contribution is -2.51. The van der Waals surface area contributed by atoms with Crippen LogP contribution in [0.25, 0.3) is 0 Å². The van der Waals surface area contributed by atoms with E-state index < -0.39 is 29.7 Å². The Balaban J connectivity index is 2.66. The summed E-state index contributed by atoms with van der Waals surface area (Å²) in [5.41, 5.74) is -0.611. The average Bonchev–Trinajstić information content (AvgIpc) is 2.84. The minimum atomic E-state index is -0.747. The van der Waals surface area contributed by atoms with E-state index in [9.17, 15) is 14.4 Å². The van der Waals surface area contributed by atoms with Gasteiger partial charge in [-0.1, -0.05) is 0 Å². The van der Waals surface area contributed by atoms with Gasteiger partial charge in [-0.05, 0) is 40.5 Å². The Kier molecular flexibility index (Phi) is 5.57. The Morgan fingerprint density at radius 3 is 2.43 bits per heavy atom. The molecule has 1 rings (SSSR count). The summed E-state index contributed by atoms with van der Waals surface area (Å²) in [5.74, 6) is -0.888. The summed E-state index contributed by atoms with van der Waals surface area (Å²) in [7, 11) is 1.26. The van der Waals surface area contributed by atoms with Gasteiger partial charge < -0.3 is 14.8 Å². The molecule has 1 aliphatic heterocycles. The molecule has 21 heavy (non-hydrogen) atoms. The fourth-order valence-electron chi connectivity index (χ4n) is 2.12. The smallest absolute Gasteiger partial charge is 0.410 e. The zero-order chi connectivity index (χ0) is 16.2. The predicted octanol–water partition coefficient (Wildman–Crippen LogP) is 1.06. The molecule has 0 aromatic carbocycles. The van der Waals surface area contributed by atoms with Crippen molar-refractivity contribution in [2.75, 3.05) is 13.7 Å². The van der Waals surface area contributed by atoms with Gasteiger partial charge in [0.15, 0.2) is 0 Å². The third-order valence-corrected chi connectivity index (χ3v) is 3.10. The fraction of sp³-hybridized carbons (Fsp3) is 0.786. The number of hydrogen-bond donors (Lipinski definition) is 1. The van der Waals surface area contributed by atoms with E-state index in [2.05, 4.69) is 10.1 Å². The molecule has 1 saturated heterocycles. The molecular weight excluding hydrogens is 276 g/mol. The molecule has 1 N–H and O–H groups in total. The van der Waals surface area contributed by atoms with Gasteiger partial charge in [-0.25, -0.2) is 9.59 Å². The van der Waals surface area contributed by atoms with E-state index in [0.29, 0.717) is 13.0 Å². The highest BCUT2D eigenvalue weighted by atomic mass is 16.6. The van der Waals surface area contributed by atoms with Gasteiger partial charge in [0.1, 0.15) is 17.7 Å². The van der Waals surface area contributed by atoms with E-state index in [0.717, 1.165) is 6.42 Å². The Morgan fingerprint density at radius 2 is 1.90 bits per heavy atom. The van der Waals surface area contributed by atoms with Gasteiger partial charge in [0.2, 0.25) is 5.91 Å². The highest BCUT2D eigenvalue weighted by Crippen LogP contribution is 2.21. The third-order valence-electron chi connectivity index (χ3n) is 3.10. The summed E-state index contributed by atoms with van der Waals surface area (Å²) >= 11 is 0. The van der Waals surface area contributed by atoms with Crippen molar-refractivity contribution in [2.45, 2.75) is 58.2 Å². The first kappa shape index (κ1) is 17.3. The molecule has 1 fully saturated rings. The molecule has 2 atom stereocenters. The van der Waals surface area contributed by atoms with E-state index in [1.165, 1.54) is 18.9 Å². The van der Waals surface area contributed by atoms with E-state index >= 15 is 0 Å². The standard InChI is InChI=1S/C14H24N2O5/c1-9(12(18)20-5)15-11(17)10-7-6-8-16(10)13(19)21-14(2,3)4/h9-10H,6-8H2,1-5H3,(H,15,17)/t9-,10?/m0/s1. The van der Waals surface area contributed by atoms with Crippen LogP contribution < -0.4 is 5.32 Å². The van der Waals surface area contributed by atoms with Gasteiger partial charge in [0.05, 0.1) is 7.11 Å². The van der Waals surface area contributed by atoms with Crippen LogP contribution in [0.5, 0.6) is 0 Å². The second-order valence-corrected chi connectivity index (χ2v) is 6.09. The largest absolute Gasteiger partial charge is 0.467 e. The summed E-state index contributed by atoms with van der Waals surface area (Å²) in [6, 6.07) is -1.35. The quantitative estimate of drug-likeness (QED) is 0.788. The van der Waals surface area contributed by atoms with Gasteiger partial charge in [0, 0.05) is 6.54 Å². The van der Waals surface area contributed by atoms with Crippen LogP contribution in [0.1, 0.15) is 40.5 Å². The highest BCUT2D eigenvalue weighted by molar-refractivity contribution is 5.89.